The van der Waals surface area contributed by atoms with Crippen molar-refractivity contribution in [2.45, 2.75) is 6.92 Å². The topological polar surface area (TPSA) is 50.7 Å². The summed E-state index contributed by atoms with van der Waals surface area (Å²) in [6, 6.07) is 25.3. The molecule has 0 aliphatic heterocycles. The summed E-state index contributed by atoms with van der Waals surface area (Å²) in [6.45, 7) is 1.81. The van der Waals surface area contributed by atoms with Gasteiger partial charge in [-0.25, -0.2) is 5.43 Å². The van der Waals surface area contributed by atoms with Crippen LogP contribution in [0.5, 0.6) is 5.75 Å². The summed E-state index contributed by atoms with van der Waals surface area (Å²) in [5.74, 6) is 0.341. The number of amides is 1. The van der Waals surface area contributed by atoms with Gasteiger partial charge in [-0.2, -0.15) is 5.10 Å². The summed E-state index contributed by atoms with van der Waals surface area (Å²) < 4.78 is 6.57. The minimum Gasteiger partial charge on any atom is -0.483 e. The largest absolute Gasteiger partial charge is 0.483 e. The van der Waals surface area contributed by atoms with E-state index in [2.05, 4.69) is 26.5 Å². The zero-order valence-corrected chi connectivity index (χ0v) is 17.6. The van der Waals surface area contributed by atoms with Crippen LogP contribution in [0, 0.1) is 6.92 Å². The summed E-state index contributed by atoms with van der Waals surface area (Å²) in [4.78, 5) is 12.2. The predicted molar refractivity (Wildman–Crippen MR) is 121 cm³/mol. The lowest BCUT2D eigenvalue weighted by Gasteiger charge is -2.09. The zero-order chi connectivity index (χ0) is 20.5. The second-order valence-electron chi connectivity index (χ2n) is 6.34. The van der Waals surface area contributed by atoms with Crippen LogP contribution in [-0.2, 0) is 4.79 Å². The molecule has 0 fully saturated rings. The van der Waals surface area contributed by atoms with Gasteiger partial charge in [0, 0.05) is 10.0 Å². The molecule has 0 aliphatic carbocycles. The van der Waals surface area contributed by atoms with E-state index in [1.54, 1.807) is 0 Å². The van der Waals surface area contributed by atoms with Crippen LogP contribution < -0.4 is 10.2 Å². The molecule has 3 rings (SSSR count). The average Bonchev–Trinajstić information content (AvgIpc) is 2.74. The molecule has 3 aromatic rings. The number of nitrogens with zero attached hydrogens (tertiary/aromatic N) is 1. The Morgan fingerprint density at radius 1 is 1.03 bits per heavy atom. The van der Waals surface area contributed by atoms with Crippen LogP contribution >= 0.6 is 15.9 Å². The first-order valence-corrected chi connectivity index (χ1v) is 9.95. The van der Waals surface area contributed by atoms with Gasteiger partial charge in [0.15, 0.2) is 6.61 Å². The highest BCUT2D eigenvalue weighted by Crippen LogP contribution is 2.21. The van der Waals surface area contributed by atoms with Crippen molar-refractivity contribution in [2.75, 3.05) is 6.61 Å². The molecule has 0 heterocycles. The van der Waals surface area contributed by atoms with E-state index in [0.717, 1.165) is 21.2 Å². The lowest BCUT2D eigenvalue weighted by atomic mass is 10.1. The number of rotatable bonds is 7. The fourth-order valence-corrected chi connectivity index (χ4v) is 3.09. The summed E-state index contributed by atoms with van der Waals surface area (Å²) in [5, 5.41) is 4.30. The SMILES string of the molecule is Cc1cc(Br)ccc1OCC(=O)N/N=C(/C=C/c1ccccc1)c1ccccc1. The van der Waals surface area contributed by atoms with E-state index in [9.17, 15) is 4.79 Å². The maximum Gasteiger partial charge on any atom is 0.277 e. The van der Waals surface area contributed by atoms with E-state index < -0.39 is 0 Å². The first kappa shape index (κ1) is 20.6. The van der Waals surface area contributed by atoms with Gasteiger partial charge in [-0.05, 0) is 42.3 Å². The normalized spacial score (nSPS) is 11.4. The fraction of sp³-hybridized carbons (Fsp3) is 0.0833. The Labute approximate surface area is 179 Å². The maximum absolute atomic E-state index is 12.2. The molecular formula is C24H21BrN2O2. The lowest BCUT2D eigenvalue weighted by molar-refractivity contribution is -0.123. The molecular weight excluding hydrogens is 428 g/mol. The third kappa shape index (κ3) is 6.43. The Bertz CT molecular complexity index is 1020. The number of hydrazone groups is 1. The Hall–Kier alpha value is -3.18. The molecule has 0 saturated heterocycles. The molecule has 0 spiro atoms. The van der Waals surface area contributed by atoms with Crippen LogP contribution in [0.2, 0.25) is 0 Å². The van der Waals surface area contributed by atoms with Crippen LogP contribution in [0.15, 0.2) is 94.5 Å². The average molecular weight is 449 g/mol. The Morgan fingerprint density at radius 3 is 2.41 bits per heavy atom. The molecule has 0 saturated carbocycles. The molecule has 0 atom stereocenters. The van der Waals surface area contributed by atoms with Crippen LogP contribution in [0.25, 0.3) is 6.08 Å². The monoisotopic (exact) mass is 448 g/mol. The number of benzene rings is 3. The highest BCUT2D eigenvalue weighted by molar-refractivity contribution is 9.10. The highest BCUT2D eigenvalue weighted by atomic mass is 79.9. The van der Waals surface area contributed by atoms with Gasteiger partial charge in [0.2, 0.25) is 0 Å². The molecule has 4 nitrogen and oxygen atoms in total. The van der Waals surface area contributed by atoms with Crippen molar-refractivity contribution in [3.05, 3.63) is 106 Å². The van der Waals surface area contributed by atoms with E-state index in [4.69, 9.17) is 4.74 Å². The smallest absolute Gasteiger partial charge is 0.277 e. The molecule has 5 heteroatoms. The van der Waals surface area contributed by atoms with Crippen LogP contribution in [0.3, 0.4) is 0 Å². The third-order valence-electron chi connectivity index (χ3n) is 4.10. The molecule has 0 radical (unpaired) electrons. The first-order chi connectivity index (χ1) is 14.1. The van der Waals surface area contributed by atoms with Gasteiger partial charge in [0.1, 0.15) is 5.75 Å². The van der Waals surface area contributed by atoms with Gasteiger partial charge in [0.05, 0.1) is 5.71 Å². The van der Waals surface area contributed by atoms with E-state index >= 15 is 0 Å². The van der Waals surface area contributed by atoms with Crippen molar-refractivity contribution in [3.63, 3.8) is 0 Å². The minimum atomic E-state index is -0.325. The molecule has 0 aliphatic rings. The summed E-state index contributed by atoms with van der Waals surface area (Å²) in [6.07, 6.45) is 3.84. The zero-order valence-electron chi connectivity index (χ0n) is 16.0. The van der Waals surface area contributed by atoms with E-state index in [0.29, 0.717) is 11.5 Å². The Morgan fingerprint density at radius 2 is 1.72 bits per heavy atom. The van der Waals surface area contributed by atoms with Crippen LogP contribution in [0.4, 0.5) is 0 Å². The molecule has 0 bridgehead atoms. The second-order valence-corrected chi connectivity index (χ2v) is 7.26. The molecule has 3 aromatic carbocycles. The number of allylic oxidation sites excluding steroid dienone is 1. The van der Waals surface area contributed by atoms with Crippen molar-refractivity contribution in [1.29, 1.82) is 0 Å². The highest BCUT2D eigenvalue weighted by Gasteiger charge is 2.06. The number of ether oxygens (including phenoxy) is 1. The first-order valence-electron chi connectivity index (χ1n) is 9.16. The van der Waals surface area contributed by atoms with Crippen LogP contribution in [0.1, 0.15) is 16.7 Å². The third-order valence-corrected chi connectivity index (χ3v) is 4.59. The van der Waals surface area contributed by atoms with Crippen LogP contribution in [-0.4, -0.2) is 18.2 Å². The van der Waals surface area contributed by atoms with Gasteiger partial charge in [-0.3, -0.25) is 4.79 Å². The fourth-order valence-electron chi connectivity index (χ4n) is 2.62. The number of halogens is 1. The number of hydrogen-bond donors (Lipinski definition) is 1. The Balaban J connectivity index is 1.68. The minimum absolute atomic E-state index is 0.115. The number of carbonyl (C=O) groups is 1. The van der Waals surface area contributed by atoms with E-state index in [1.807, 2.05) is 97.9 Å². The summed E-state index contributed by atoms with van der Waals surface area (Å²) in [5.41, 5.74) is 6.15. The van der Waals surface area contributed by atoms with Gasteiger partial charge in [-0.1, -0.05) is 82.7 Å². The number of nitrogens with one attached hydrogen (secondary N) is 1. The number of aryl methyl sites for hydroxylation is 1. The molecule has 29 heavy (non-hydrogen) atoms. The number of carbonyl (C=O) groups excluding carboxylic acids is 1. The molecule has 1 amide bonds. The molecule has 1 N–H and O–H groups in total. The van der Waals surface area contributed by atoms with Gasteiger partial charge < -0.3 is 4.74 Å². The van der Waals surface area contributed by atoms with Gasteiger partial charge >= 0.3 is 0 Å². The lowest BCUT2D eigenvalue weighted by Crippen LogP contribution is -2.26. The summed E-state index contributed by atoms with van der Waals surface area (Å²) >= 11 is 3.41. The van der Waals surface area contributed by atoms with Crippen molar-refractivity contribution >= 4 is 33.6 Å². The molecule has 0 unspecified atom stereocenters. The van der Waals surface area contributed by atoms with Crippen molar-refractivity contribution in [3.8, 4) is 5.75 Å². The predicted octanol–water partition coefficient (Wildman–Crippen LogP) is 5.37. The van der Waals surface area contributed by atoms with E-state index in [1.165, 1.54) is 0 Å². The van der Waals surface area contributed by atoms with Gasteiger partial charge in [-0.15, -0.1) is 0 Å². The van der Waals surface area contributed by atoms with E-state index in [-0.39, 0.29) is 12.5 Å². The molecule has 146 valence electrons. The van der Waals surface area contributed by atoms with Crippen molar-refractivity contribution in [1.82, 2.24) is 5.43 Å². The summed E-state index contributed by atoms with van der Waals surface area (Å²) in [7, 11) is 0. The van der Waals surface area contributed by atoms with Gasteiger partial charge in [0.25, 0.3) is 5.91 Å². The second kappa shape index (κ2) is 10.4. The molecule has 0 aromatic heterocycles. The standard InChI is InChI=1S/C24H21BrN2O2/c1-18-16-21(25)13-15-23(18)29-17-24(28)27-26-22(20-10-6-3-7-11-20)14-12-19-8-4-2-5-9-19/h2-16H,17H2,1H3,(H,27,28)/b14-12+,26-22-. The quantitative estimate of drug-likeness (QED) is 0.390. The van der Waals surface area contributed by atoms with Crippen molar-refractivity contribution < 1.29 is 9.53 Å². The number of hydrogen-bond acceptors (Lipinski definition) is 3. The Kier molecular flexibility index (Phi) is 7.36. The van der Waals surface area contributed by atoms with Crippen molar-refractivity contribution in [2.24, 2.45) is 5.10 Å². The maximum atomic E-state index is 12.2.